The molecule has 3 atom stereocenters. The first kappa shape index (κ1) is 27.3. The topological polar surface area (TPSA) is 96.7 Å². The fourth-order valence-corrected chi connectivity index (χ4v) is 5.09. The number of amides is 2. The summed E-state index contributed by atoms with van der Waals surface area (Å²) in [4.78, 5) is 26.7. The number of carbonyl (C=O) groups excluding carboxylic acids is 2. The van der Waals surface area contributed by atoms with Crippen molar-refractivity contribution in [3.8, 4) is 11.3 Å². The number of ether oxygens (including phenoxy) is 1. The number of aromatic nitrogens is 1. The Hall–Kier alpha value is -2.70. The summed E-state index contributed by atoms with van der Waals surface area (Å²) in [6.07, 6.45) is 1.12. The second kappa shape index (κ2) is 12.2. The summed E-state index contributed by atoms with van der Waals surface area (Å²) in [5, 5.41) is 10.1. The van der Waals surface area contributed by atoms with E-state index in [2.05, 4.69) is 38.4 Å². The molecular weight excluding hydrogens is 614 g/mol. The average molecular weight is 641 g/mol. The molecule has 2 amide bonds. The van der Waals surface area contributed by atoms with Crippen LogP contribution in [0.1, 0.15) is 37.1 Å². The third kappa shape index (κ3) is 6.24. The normalized spacial score (nSPS) is 17.5. The summed E-state index contributed by atoms with van der Waals surface area (Å²) >= 11 is 8.17. The lowest BCUT2D eigenvalue weighted by atomic mass is 9.94. The Morgan fingerprint density at radius 2 is 2.03 bits per heavy atom. The highest BCUT2D eigenvalue weighted by molar-refractivity contribution is 14.1. The van der Waals surface area contributed by atoms with Crippen molar-refractivity contribution in [3.05, 3.63) is 74.2 Å². The fourth-order valence-electron chi connectivity index (χ4n) is 4.01. The maximum Gasteiger partial charge on any atom is 0.323 e. The zero-order chi connectivity index (χ0) is 26.5. The number of benzene rings is 2. The first-order valence-corrected chi connectivity index (χ1v) is 13.3. The van der Waals surface area contributed by atoms with E-state index in [1.165, 1.54) is 17.0 Å². The monoisotopic (exact) mass is 640 g/mol. The molecule has 2 aromatic carbocycles. The van der Waals surface area contributed by atoms with Crippen molar-refractivity contribution >= 4 is 46.2 Å². The number of nitrogens with zero attached hydrogens (tertiary/aromatic N) is 2. The predicted molar refractivity (Wildman–Crippen MR) is 145 cm³/mol. The van der Waals surface area contributed by atoms with E-state index in [4.69, 9.17) is 20.9 Å². The summed E-state index contributed by atoms with van der Waals surface area (Å²) in [6, 6.07) is 12.9. The van der Waals surface area contributed by atoms with E-state index in [-0.39, 0.29) is 42.3 Å². The number of rotatable bonds is 9. The van der Waals surface area contributed by atoms with E-state index in [0.717, 1.165) is 14.8 Å². The molecule has 0 bridgehead atoms. The quantitative estimate of drug-likeness (QED) is 0.243. The molecule has 1 aliphatic heterocycles. The molecule has 0 spiro atoms. The van der Waals surface area contributed by atoms with Crippen LogP contribution in [0.5, 0.6) is 0 Å². The van der Waals surface area contributed by atoms with E-state index >= 15 is 0 Å². The van der Waals surface area contributed by atoms with Crippen LogP contribution >= 0.6 is 34.2 Å². The molecule has 2 heterocycles. The van der Waals surface area contributed by atoms with Gasteiger partial charge in [0.15, 0.2) is 5.76 Å². The molecule has 11 heteroatoms. The van der Waals surface area contributed by atoms with Crippen LogP contribution < -0.4 is 10.6 Å². The van der Waals surface area contributed by atoms with Crippen LogP contribution in [-0.2, 0) is 16.1 Å². The van der Waals surface area contributed by atoms with Gasteiger partial charge < -0.3 is 19.5 Å². The maximum absolute atomic E-state index is 13.6. The van der Waals surface area contributed by atoms with Crippen LogP contribution in [-0.4, -0.2) is 47.8 Å². The highest BCUT2D eigenvalue weighted by atomic mass is 127. The van der Waals surface area contributed by atoms with Gasteiger partial charge in [-0.1, -0.05) is 66.1 Å². The minimum atomic E-state index is -0.540. The molecule has 1 saturated heterocycles. The molecule has 2 N–H and O–H groups in total. The summed E-state index contributed by atoms with van der Waals surface area (Å²) in [5.74, 6) is -0.213. The Morgan fingerprint density at radius 3 is 2.73 bits per heavy atom. The molecule has 0 saturated carbocycles. The number of halogens is 3. The van der Waals surface area contributed by atoms with Gasteiger partial charge in [-0.25, -0.2) is 9.18 Å². The Labute approximate surface area is 233 Å². The molecule has 1 aromatic heterocycles. The van der Waals surface area contributed by atoms with E-state index in [0.29, 0.717) is 24.2 Å². The molecular formula is C26H27ClFIN4O4. The minimum Gasteiger partial charge on any atom is -0.462 e. The summed E-state index contributed by atoms with van der Waals surface area (Å²) in [7, 11) is 1.62. The van der Waals surface area contributed by atoms with Crippen molar-refractivity contribution in [1.29, 1.82) is 0 Å². The smallest absolute Gasteiger partial charge is 0.323 e. The van der Waals surface area contributed by atoms with Crippen molar-refractivity contribution in [2.75, 3.05) is 13.7 Å². The number of likely N-dealkylation sites (N-methyl/N-ethyl adjacent to an activating group) is 1. The van der Waals surface area contributed by atoms with E-state index in [1.807, 2.05) is 37.3 Å². The number of carbonyl (C=O) groups is 2. The molecule has 0 radical (unpaired) electrons. The highest BCUT2D eigenvalue weighted by Gasteiger charge is 2.39. The van der Waals surface area contributed by atoms with Crippen LogP contribution in [0.3, 0.4) is 0 Å². The van der Waals surface area contributed by atoms with Crippen LogP contribution in [0.4, 0.5) is 9.18 Å². The first-order valence-electron chi connectivity index (χ1n) is 11.9. The van der Waals surface area contributed by atoms with Crippen LogP contribution in [0.25, 0.3) is 11.3 Å². The van der Waals surface area contributed by atoms with E-state index < -0.39 is 11.9 Å². The largest absolute Gasteiger partial charge is 0.462 e. The zero-order valence-electron chi connectivity index (χ0n) is 20.3. The third-order valence-electron chi connectivity index (χ3n) is 6.40. The number of hydrogen-bond donors (Lipinski definition) is 2. The lowest BCUT2D eigenvalue weighted by molar-refractivity contribution is -0.150. The number of urea groups is 1. The van der Waals surface area contributed by atoms with Crippen molar-refractivity contribution in [2.45, 2.75) is 44.4 Å². The van der Waals surface area contributed by atoms with Crippen molar-refractivity contribution < 1.29 is 23.2 Å². The van der Waals surface area contributed by atoms with Gasteiger partial charge in [-0.2, -0.15) is 0 Å². The van der Waals surface area contributed by atoms with Gasteiger partial charge in [-0.3, -0.25) is 10.1 Å². The van der Waals surface area contributed by atoms with Crippen LogP contribution in [0, 0.1) is 9.39 Å². The molecule has 8 nitrogen and oxygen atoms in total. The number of nitrogens with one attached hydrogen (secondary N) is 2. The lowest BCUT2D eigenvalue weighted by Gasteiger charge is -2.35. The second-order valence-electron chi connectivity index (χ2n) is 8.76. The van der Waals surface area contributed by atoms with Gasteiger partial charge in [0, 0.05) is 19.2 Å². The molecule has 3 aromatic rings. The van der Waals surface area contributed by atoms with Gasteiger partial charge >= 0.3 is 12.0 Å². The van der Waals surface area contributed by atoms with Crippen molar-refractivity contribution in [2.24, 2.45) is 0 Å². The highest BCUT2D eigenvalue weighted by Crippen LogP contribution is 2.35. The molecule has 0 aliphatic carbocycles. The van der Waals surface area contributed by atoms with Crippen LogP contribution in [0.2, 0.25) is 5.02 Å². The first-order chi connectivity index (χ1) is 17.8. The van der Waals surface area contributed by atoms with Gasteiger partial charge in [0.25, 0.3) is 0 Å². The Kier molecular flexibility index (Phi) is 9.04. The minimum absolute atomic E-state index is 0.0191. The number of hydrogen-bond acceptors (Lipinski definition) is 6. The van der Waals surface area contributed by atoms with Gasteiger partial charge in [-0.15, -0.1) is 0 Å². The van der Waals surface area contributed by atoms with Crippen LogP contribution in [0.15, 0.2) is 53.1 Å². The van der Waals surface area contributed by atoms with Gasteiger partial charge in [0.2, 0.25) is 0 Å². The van der Waals surface area contributed by atoms with Crippen molar-refractivity contribution in [3.63, 3.8) is 0 Å². The van der Waals surface area contributed by atoms with Gasteiger partial charge in [-0.05, 0) is 47.1 Å². The second-order valence-corrected chi connectivity index (χ2v) is 10.2. The molecule has 1 fully saturated rings. The van der Waals surface area contributed by atoms with E-state index in [1.54, 1.807) is 13.1 Å². The predicted octanol–water partition coefficient (Wildman–Crippen LogP) is 5.31. The molecule has 2 unspecified atom stereocenters. The third-order valence-corrected chi connectivity index (χ3v) is 7.87. The molecule has 196 valence electrons. The average Bonchev–Trinajstić information content (AvgIpc) is 3.25. The molecule has 37 heavy (non-hydrogen) atoms. The van der Waals surface area contributed by atoms with E-state index in [9.17, 15) is 14.0 Å². The number of esters is 1. The zero-order valence-corrected chi connectivity index (χ0v) is 23.3. The summed E-state index contributed by atoms with van der Waals surface area (Å²) < 4.78 is 25.6. The lowest BCUT2D eigenvalue weighted by Crippen LogP contribution is -2.53. The van der Waals surface area contributed by atoms with Gasteiger partial charge in [0.1, 0.15) is 24.2 Å². The summed E-state index contributed by atoms with van der Waals surface area (Å²) in [6.45, 7) is 2.04. The Morgan fingerprint density at radius 1 is 1.30 bits per heavy atom. The van der Waals surface area contributed by atoms with Gasteiger partial charge in [0.05, 0.1) is 20.7 Å². The SMILES string of the molecule is CC[C@@H](COC(=O)C1CC(c2noc(-c3ccccc3)c2I)N1)N(C)C(=O)NCc1cccc(F)c1Cl. The molecule has 1 aliphatic rings. The molecule has 4 rings (SSSR count). The standard InChI is InChI=1S/C26H27ClFIN4O4/c1-3-17(33(2)26(35)30-13-16-10-7-11-18(28)21(16)27)14-36-25(34)20-12-19(31-20)23-22(29)24(37-32-23)15-8-5-4-6-9-15/h4-11,17,19-20,31H,3,12-14H2,1-2H3,(H,30,35)/t17-,19?,20?/m0/s1. The summed E-state index contributed by atoms with van der Waals surface area (Å²) in [5.41, 5.74) is 2.19. The fraction of sp³-hybridized carbons (Fsp3) is 0.346. The van der Waals surface area contributed by atoms with Crippen molar-refractivity contribution in [1.82, 2.24) is 20.7 Å². The Bertz CT molecular complexity index is 1250. The Balaban J connectivity index is 1.25. The maximum atomic E-state index is 13.6.